The van der Waals surface area contributed by atoms with E-state index in [1.807, 2.05) is 43.3 Å². The number of carbonyl (C=O) groups excluding carboxylic acids is 1. The number of ketones is 1. The Kier molecular flexibility index (Phi) is 4.00. The largest absolute Gasteiger partial charge is 0.462 e. The number of allylic oxidation sites excluding steroid dienone is 1. The van der Waals surface area contributed by atoms with Gasteiger partial charge in [0, 0.05) is 5.56 Å². The number of hydrogen-bond donors (Lipinski definition) is 0. The lowest BCUT2D eigenvalue weighted by Gasteiger charge is -2.04. The van der Waals surface area contributed by atoms with Crippen LogP contribution in [0.15, 0.2) is 46.9 Å². The molecule has 1 heterocycles. The average Bonchev–Trinajstić information content (AvgIpc) is 2.82. The van der Waals surface area contributed by atoms with Crippen molar-refractivity contribution in [1.29, 1.82) is 0 Å². The van der Waals surface area contributed by atoms with Gasteiger partial charge < -0.3 is 4.42 Å². The van der Waals surface area contributed by atoms with Gasteiger partial charge in [-0.1, -0.05) is 38.1 Å². The number of aryl methyl sites for hydroxylation is 1. The van der Waals surface area contributed by atoms with Gasteiger partial charge in [0.15, 0.2) is 5.78 Å². The van der Waals surface area contributed by atoms with Gasteiger partial charge in [-0.05, 0) is 42.7 Å². The molecule has 0 amide bonds. The van der Waals surface area contributed by atoms with Crippen LogP contribution in [0.3, 0.4) is 0 Å². The Morgan fingerprint density at radius 2 is 1.79 bits per heavy atom. The lowest BCUT2D eigenvalue weighted by atomic mass is 10.0. The predicted octanol–water partition coefficient (Wildman–Crippen LogP) is 4.61. The first-order valence-electron chi connectivity index (χ1n) is 6.45. The van der Waals surface area contributed by atoms with E-state index in [1.165, 1.54) is 5.56 Å². The van der Waals surface area contributed by atoms with Crippen molar-refractivity contribution >= 4 is 11.9 Å². The molecule has 98 valence electrons. The topological polar surface area (TPSA) is 30.2 Å². The first-order valence-corrected chi connectivity index (χ1v) is 6.45. The number of rotatable bonds is 4. The minimum absolute atomic E-state index is 0.00985. The second kappa shape index (κ2) is 5.70. The van der Waals surface area contributed by atoms with Crippen LogP contribution in [-0.2, 0) is 0 Å². The molecule has 0 aliphatic heterocycles. The maximum atomic E-state index is 12.0. The SMILES string of the molecule is Cc1ccc(/C=C/C(=O)c2ccc(C(C)C)cc2)o1. The zero-order chi connectivity index (χ0) is 13.8. The molecular formula is C17H18O2. The standard InChI is InChI=1S/C17H18O2/c1-12(2)14-5-7-15(8-6-14)17(18)11-10-16-9-4-13(3)19-16/h4-12H,1-3H3/b11-10+. The van der Waals surface area contributed by atoms with Gasteiger partial charge in [0.25, 0.3) is 0 Å². The molecule has 19 heavy (non-hydrogen) atoms. The van der Waals surface area contributed by atoms with Crippen molar-refractivity contribution in [2.45, 2.75) is 26.7 Å². The highest BCUT2D eigenvalue weighted by Gasteiger charge is 2.04. The summed E-state index contributed by atoms with van der Waals surface area (Å²) in [7, 11) is 0. The highest BCUT2D eigenvalue weighted by molar-refractivity contribution is 6.06. The minimum Gasteiger partial charge on any atom is -0.462 e. The summed E-state index contributed by atoms with van der Waals surface area (Å²) in [6, 6.07) is 11.5. The third-order valence-electron chi connectivity index (χ3n) is 3.02. The summed E-state index contributed by atoms with van der Waals surface area (Å²) in [5, 5.41) is 0. The number of furan rings is 1. The molecule has 2 nitrogen and oxygen atoms in total. The third-order valence-corrected chi connectivity index (χ3v) is 3.02. The van der Waals surface area contributed by atoms with Crippen LogP contribution in [-0.4, -0.2) is 5.78 Å². The minimum atomic E-state index is -0.00985. The van der Waals surface area contributed by atoms with Gasteiger partial charge in [-0.15, -0.1) is 0 Å². The van der Waals surface area contributed by atoms with Gasteiger partial charge in [-0.3, -0.25) is 4.79 Å². The predicted molar refractivity (Wildman–Crippen MR) is 77.3 cm³/mol. The van der Waals surface area contributed by atoms with Crippen LogP contribution in [0, 0.1) is 6.92 Å². The first-order chi connectivity index (χ1) is 9.06. The van der Waals surface area contributed by atoms with Crippen LogP contribution in [0.4, 0.5) is 0 Å². The molecule has 0 radical (unpaired) electrons. The summed E-state index contributed by atoms with van der Waals surface area (Å²) in [5.41, 5.74) is 1.94. The van der Waals surface area contributed by atoms with Gasteiger partial charge >= 0.3 is 0 Å². The van der Waals surface area contributed by atoms with Crippen molar-refractivity contribution in [3.05, 3.63) is 65.1 Å². The third kappa shape index (κ3) is 3.44. The molecule has 0 atom stereocenters. The Morgan fingerprint density at radius 1 is 1.11 bits per heavy atom. The van der Waals surface area contributed by atoms with Crippen LogP contribution in [0.5, 0.6) is 0 Å². The average molecular weight is 254 g/mol. The first kappa shape index (κ1) is 13.3. The van der Waals surface area contributed by atoms with Crippen LogP contribution >= 0.6 is 0 Å². The van der Waals surface area contributed by atoms with Crippen molar-refractivity contribution in [2.75, 3.05) is 0 Å². The Hall–Kier alpha value is -2.09. The number of benzene rings is 1. The molecule has 0 saturated carbocycles. The summed E-state index contributed by atoms with van der Waals surface area (Å²) in [5.74, 6) is 2.01. The number of carbonyl (C=O) groups is 1. The second-order valence-corrected chi connectivity index (χ2v) is 4.92. The Bertz CT molecular complexity index is 586. The quantitative estimate of drug-likeness (QED) is 0.589. The molecule has 1 aromatic heterocycles. The molecule has 2 aromatic rings. The molecule has 2 heteroatoms. The lowest BCUT2D eigenvalue weighted by Crippen LogP contribution is -1.95. The normalized spacial score (nSPS) is 11.4. The fourth-order valence-electron chi connectivity index (χ4n) is 1.83. The smallest absolute Gasteiger partial charge is 0.185 e. The van der Waals surface area contributed by atoms with Gasteiger partial charge in [0.1, 0.15) is 11.5 Å². The summed E-state index contributed by atoms with van der Waals surface area (Å²) in [6.07, 6.45) is 3.24. The summed E-state index contributed by atoms with van der Waals surface area (Å²) < 4.78 is 5.38. The zero-order valence-corrected chi connectivity index (χ0v) is 11.5. The molecule has 0 N–H and O–H groups in total. The summed E-state index contributed by atoms with van der Waals surface area (Å²) in [6.45, 7) is 6.15. The van der Waals surface area contributed by atoms with E-state index in [2.05, 4.69) is 13.8 Å². The van der Waals surface area contributed by atoms with Crippen LogP contribution in [0.25, 0.3) is 6.08 Å². The molecule has 0 spiro atoms. The van der Waals surface area contributed by atoms with E-state index >= 15 is 0 Å². The Labute approximate surface area is 113 Å². The van der Waals surface area contributed by atoms with Crippen molar-refractivity contribution in [1.82, 2.24) is 0 Å². The molecule has 2 rings (SSSR count). The fourth-order valence-corrected chi connectivity index (χ4v) is 1.83. The maximum Gasteiger partial charge on any atom is 0.185 e. The van der Waals surface area contributed by atoms with E-state index in [0.717, 1.165) is 5.76 Å². The van der Waals surface area contributed by atoms with Gasteiger partial charge in [-0.2, -0.15) is 0 Å². The second-order valence-electron chi connectivity index (χ2n) is 4.92. The molecule has 0 bridgehead atoms. The zero-order valence-electron chi connectivity index (χ0n) is 11.5. The van der Waals surface area contributed by atoms with E-state index < -0.39 is 0 Å². The maximum absolute atomic E-state index is 12.0. The van der Waals surface area contributed by atoms with Crippen molar-refractivity contribution in [3.63, 3.8) is 0 Å². The molecule has 0 fully saturated rings. The van der Waals surface area contributed by atoms with Crippen LogP contribution < -0.4 is 0 Å². The van der Waals surface area contributed by atoms with E-state index in [9.17, 15) is 4.79 Å². The molecule has 0 aliphatic rings. The van der Waals surface area contributed by atoms with Gasteiger partial charge in [0.05, 0.1) is 0 Å². The molecular weight excluding hydrogens is 236 g/mol. The van der Waals surface area contributed by atoms with E-state index in [-0.39, 0.29) is 5.78 Å². The molecule has 0 saturated heterocycles. The van der Waals surface area contributed by atoms with Crippen molar-refractivity contribution in [2.24, 2.45) is 0 Å². The van der Waals surface area contributed by atoms with Crippen molar-refractivity contribution < 1.29 is 9.21 Å². The van der Waals surface area contributed by atoms with Gasteiger partial charge in [-0.25, -0.2) is 0 Å². The van der Waals surface area contributed by atoms with Gasteiger partial charge in [0.2, 0.25) is 0 Å². The van der Waals surface area contributed by atoms with Crippen molar-refractivity contribution in [3.8, 4) is 0 Å². The molecule has 0 unspecified atom stereocenters. The Balaban J connectivity index is 2.09. The molecule has 1 aromatic carbocycles. The monoisotopic (exact) mass is 254 g/mol. The number of hydrogen-bond acceptors (Lipinski definition) is 2. The highest BCUT2D eigenvalue weighted by atomic mass is 16.3. The molecule has 0 aliphatic carbocycles. The van der Waals surface area contributed by atoms with E-state index in [0.29, 0.717) is 17.2 Å². The van der Waals surface area contributed by atoms with Crippen LogP contribution in [0.1, 0.15) is 47.2 Å². The van der Waals surface area contributed by atoms with Crippen LogP contribution in [0.2, 0.25) is 0 Å². The summed E-state index contributed by atoms with van der Waals surface area (Å²) in [4.78, 5) is 12.0. The highest BCUT2D eigenvalue weighted by Crippen LogP contribution is 2.15. The van der Waals surface area contributed by atoms with E-state index in [1.54, 1.807) is 12.2 Å². The lowest BCUT2D eigenvalue weighted by molar-refractivity contribution is 0.104. The fraction of sp³-hybridized carbons (Fsp3) is 0.235. The summed E-state index contributed by atoms with van der Waals surface area (Å²) >= 11 is 0. The van der Waals surface area contributed by atoms with E-state index in [4.69, 9.17) is 4.42 Å². The Morgan fingerprint density at radius 3 is 2.32 bits per heavy atom.